The molecule has 6 heteroatoms. The van der Waals surface area contributed by atoms with Crippen LogP contribution in [0.4, 0.5) is 0 Å². The molecule has 3 aromatic rings. The lowest BCUT2D eigenvalue weighted by Gasteiger charge is -2.13. The monoisotopic (exact) mass is 338 g/mol. The maximum atomic E-state index is 12.2. The molecule has 25 heavy (non-hydrogen) atoms. The lowest BCUT2D eigenvalue weighted by Crippen LogP contribution is -2.18. The van der Waals surface area contributed by atoms with Crippen LogP contribution in [0.3, 0.4) is 0 Å². The zero-order valence-corrected chi connectivity index (χ0v) is 14.0. The van der Waals surface area contributed by atoms with Gasteiger partial charge in [-0.25, -0.2) is 4.98 Å². The molecule has 1 N–H and O–H groups in total. The van der Waals surface area contributed by atoms with Gasteiger partial charge < -0.3 is 14.5 Å². The summed E-state index contributed by atoms with van der Waals surface area (Å²) in [6.45, 7) is 1.68. The number of aromatic amines is 1. The number of hydrogen-bond acceptors (Lipinski definition) is 5. The average Bonchev–Trinajstić information content (AvgIpc) is 2.61. The van der Waals surface area contributed by atoms with E-state index in [-0.39, 0.29) is 12.0 Å². The highest BCUT2D eigenvalue weighted by atomic mass is 16.5. The lowest BCUT2D eigenvalue weighted by atomic mass is 10.1. The van der Waals surface area contributed by atoms with E-state index in [4.69, 9.17) is 9.47 Å². The summed E-state index contributed by atoms with van der Waals surface area (Å²) in [5.41, 5.74) is 1.10. The van der Waals surface area contributed by atoms with E-state index in [0.29, 0.717) is 22.5 Å². The molecule has 1 atom stereocenters. The highest BCUT2D eigenvalue weighted by molar-refractivity contribution is 5.77. The van der Waals surface area contributed by atoms with Gasteiger partial charge in [0.05, 0.1) is 24.4 Å². The summed E-state index contributed by atoms with van der Waals surface area (Å²) in [7, 11) is 1.57. The van der Waals surface area contributed by atoms with Crippen LogP contribution in [0.15, 0.2) is 53.3 Å². The van der Waals surface area contributed by atoms with E-state index in [9.17, 15) is 9.59 Å². The SMILES string of the molecule is COc1cccc(CC(=O)O[C@@H](C)c2nc3ccccc3c(=O)[nH]2)c1. The molecule has 0 bridgehead atoms. The smallest absolute Gasteiger partial charge is 0.310 e. The Hall–Kier alpha value is -3.15. The number of rotatable bonds is 5. The predicted octanol–water partition coefficient (Wildman–Crippen LogP) is 2.78. The van der Waals surface area contributed by atoms with Gasteiger partial charge in [-0.15, -0.1) is 0 Å². The first-order valence-electron chi connectivity index (χ1n) is 7.88. The Balaban J connectivity index is 1.74. The number of nitrogens with one attached hydrogen (secondary N) is 1. The maximum Gasteiger partial charge on any atom is 0.310 e. The number of fused-ring (bicyclic) bond motifs is 1. The summed E-state index contributed by atoms with van der Waals surface area (Å²) in [5.74, 6) is 0.595. The van der Waals surface area contributed by atoms with E-state index in [1.165, 1.54) is 0 Å². The minimum atomic E-state index is -0.657. The third-order valence-electron chi connectivity index (χ3n) is 3.81. The van der Waals surface area contributed by atoms with E-state index in [2.05, 4.69) is 9.97 Å². The molecular weight excluding hydrogens is 320 g/mol. The fourth-order valence-corrected chi connectivity index (χ4v) is 2.54. The van der Waals surface area contributed by atoms with Gasteiger partial charge in [-0.1, -0.05) is 24.3 Å². The number of nitrogens with zero attached hydrogens (tertiary/aromatic N) is 1. The normalized spacial score (nSPS) is 11.9. The molecule has 0 aliphatic carbocycles. The second-order valence-corrected chi connectivity index (χ2v) is 5.63. The van der Waals surface area contributed by atoms with Crippen LogP contribution < -0.4 is 10.3 Å². The maximum absolute atomic E-state index is 12.2. The van der Waals surface area contributed by atoms with Crippen molar-refractivity contribution < 1.29 is 14.3 Å². The Morgan fingerprint density at radius 1 is 1.20 bits per heavy atom. The molecule has 6 nitrogen and oxygen atoms in total. The van der Waals surface area contributed by atoms with Gasteiger partial charge in [0.15, 0.2) is 11.9 Å². The molecule has 0 saturated heterocycles. The van der Waals surface area contributed by atoms with Crippen molar-refractivity contribution in [2.24, 2.45) is 0 Å². The molecule has 2 aromatic carbocycles. The molecule has 1 heterocycles. The van der Waals surface area contributed by atoms with Crippen molar-refractivity contribution in [2.45, 2.75) is 19.4 Å². The minimum Gasteiger partial charge on any atom is -0.497 e. The average molecular weight is 338 g/mol. The lowest BCUT2D eigenvalue weighted by molar-refractivity contribution is -0.148. The molecule has 0 aliphatic heterocycles. The molecule has 0 amide bonds. The number of benzene rings is 2. The van der Waals surface area contributed by atoms with Gasteiger partial charge in [-0.05, 0) is 36.8 Å². The fourth-order valence-electron chi connectivity index (χ4n) is 2.54. The van der Waals surface area contributed by atoms with Gasteiger partial charge >= 0.3 is 5.97 Å². The molecule has 0 unspecified atom stereocenters. The van der Waals surface area contributed by atoms with E-state index < -0.39 is 12.1 Å². The van der Waals surface area contributed by atoms with E-state index in [1.807, 2.05) is 12.1 Å². The second kappa shape index (κ2) is 7.17. The molecule has 1 aromatic heterocycles. The van der Waals surface area contributed by atoms with Gasteiger partial charge in [0.25, 0.3) is 5.56 Å². The number of hydrogen-bond donors (Lipinski definition) is 1. The molecule has 0 aliphatic rings. The van der Waals surface area contributed by atoms with Crippen molar-refractivity contribution in [3.63, 3.8) is 0 Å². The largest absolute Gasteiger partial charge is 0.497 e. The van der Waals surface area contributed by atoms with Crippen LogP contribution in [0.2, 0.25) is 0 Å². The molecule has 128 valence electrons. The van der Waals surface area contributed by atoms with E-state index in [1.54, 1.807) is 50.4 Å². The van der Waals surface area contributed by atoms with Crippen molar-refractivity contribution in [3.8, 4) is 5.75 Å². The van der Waals surface area contributed by atoms with Gasteiger partial charge in [0, 0.05) is 0 Å². The summed E-state index contributed by atoms with van der Waals surface area (Å²) in [6, 6.07) is 14.2. The number of carbonyl (C=O) groups is 1. The highest BCUT2D eigenvalue weighted by Crippen LogP contribution is 2.17. The van der Waals surface area contributed by atoms with Crippen LogP contribution in [0.5, 0.6) is 5.75 Å². The van der Waals surface area contributed by atoms with Crippen LogP contribution in [-0.2, 0) is 16.0 Å². The Bertz CT molecular complexity index is 965. The molecule has 0 spiro atoms. The summed E-state index contributed by atoms with van der Waals surface area (Å²) >= 11 is 0. The number of aromatic nitrogens is 2. The van der Waals surface area contributed by atoms with Crippen LogP contribution in [0, 0.1) is 0 Å². The van der Waals surface area contributed by atoms with Crippen LogP contribution in [0.25, 0.3) is 10.9 Å². The third-order valence-corrected chi connectivity index (χ3v) is 3.81. The third kappa shape index (κ3) is 3.85. The van der Waals surface area contributed by atoms with Gasteiger partial charge in [0.1, 0.15) is 5.75 Å². The van der Waals surface area contributed by atoms with Crippen LogP contribution in [-0.4, -0.2) is 23.0 Å². The molecule has 0 fully saturated rings. The number of ether oxygens (including phenoxy) is 2. The highest BCUT2D eigenvalue weighted by Gasteiger charge is 2.16. The van der Waals surface area contributed by atoms with E-state index >= 15 is 0 Å². The van der Waals surface area contributed by atoms with E-state index in [0.717, 1.165) is 5.56 Å². The summed E-state index contributed by atoms with van der Waals surface area (Å²) in [6.07, 6.45) is -0.547. The summed E-state index contributed by atoms with van der Waals surface area (Å²) in [4.78, 5) is 31.3. The Morgan fingerprint density at radius 2 is 2.00 bits per heavy atom. The van der Waals surface area contributed by atoms with Gasteiger partial charge in [-0.2, -0.15) is 0 Å². The molecule has 3 rings (SSSR count). The first-order valence-corrected chi connectivity index (χ1v) is 7.88. The molecule has 0 radical (unpaired) electrons. The standard InChI is InChI=1S/C19H18N2O4/c1-12(18-20-16-9-4-3-8-15(16)19(23)21-18)25-17(22)11-13-6-5-7-14(10-13)24-2/h3-10,12H,11H2,1-2H3,(H,20,21,23)/t12-/m0/s1. The second-order valence-electron chi connectivity index (χ2n) is 5.63. The minimum absolute atomic E-state index is 0.110. The number of para-hydroxylation sites is 1. The number of methoxy groups -OCH3 is 1. The van der Waals surface area contributed by atoms with Gasteiger partial charge in [-0.3, -0.25) is 9.59 Å². The predicted molar refractivity (Wildman–Crippen MR) is 93.6 cm³/mol. The van der Waals surface area contributed by atoms with Crippen LogP contribution >= 0.6 is 0 Å². The Morgan fingerprint density at radius 3 is 2.80 bits per heavy atom. The topological polar surface area (TPSA) is 81.3 Å². The van der Waals surface area contributed by atoms with Crippen molar-refractivity contribution in [1.82, 2.24) is 9.97 Å². The van der Waals surface area contributed by atoms with Crippen molar-refractivity contribution in [2.75, 3.05) is 7.11 Å². The zero-order chi connectivity index (χ0) is 17.8. The van der Waals surface area contributed by atoms with Crippen LogP contribution in [0.1, 0.15) is 24.4 Å². The number of H-pyrrole nitrogens is 1. The molecular formula is C19H18N2O4. The quantitative estimate of drug-likeness (QED) is 0.724. The summed E-state index contributed by atoms with van der Waals surface area (Å²) in [5, 5.41) is 0.501. The zero-order valence-electron chi connectivity index (χ0n) is 14.0. The Kier molecular flexibility index (Phi) is 4.79. The molecule has 0 saturated carbocycles. The van der Waals surface area contributed by atoms with Gasteiger partial charge in [0.2, 0.25) is 0 Å². The number of esters is 1. The Labute approximate surface area is 144 Å². The fraction of sp³-hybridized carbons (Fsp3) is 0.211. The number of carbonyl (C=O) groups excluding carboxylic acids is 1. The van der Waals surface area contributed by atoms with Crippen molar-refractivity contribution in [1.29, 1.82) is 0 Å². The first-order chi connectivity index (χ1) is 12.1. The van der Waals surface area contributed by atoms with Crippen molar-refractivity contribution >= 4 is 16.9 Å². The summed E-state index contributed by atoms with van der Waals surface area (Å²) < 4.78 is 10.5. The first kappa shape index (κ1) is 16.7. The van der Waals surface area contributed by atoms with Crippen molar-refractivity contribution in [3.05, 3.63) is 70.3 Å².